The summed E-state index contributed by atoms with van der Waals surface area (Å²) in [6, 6.07) is 13.0. The van der Waals surface area contributed by atoms with Crippen LogP contribution in [-0.2, 0) is 6.54 Å². The van der Waals surface area contributed by atoms with Crippen molar-refractivity contribution in [3.8, 4) is 5.75 Å². The van der Waals surface area contributed by atoms with E-state index in [4.69, 9.17) is 4.74 Å². The third-order valence-corrected chi connectivity index (χ3v) is 2.65. The fraction of sp³-hybridized carbons (Fsp3) is 0.250. The number of rotatable bonds is 5. The quantitative estimate of drug-likeness (QED) is 0.909. The first-order chi connectivity index (χ1) is 9.65. The molecular weight excluding hydrogens is 252 g/mol. The highest BCUT2D eigenvalue weighted by Crippen LogP contribution is 2.13. The van der Waals surface area contributed by atoms with Crippen LogP contribution in [0.1, 0.15) is 29.9 Å². The van der Waals surface area contributed by atoms with Crippen LogP contribution in [0.15, 0.2) is 48.7 Å². The molecule has 0 atom stereocenters. The highest BCUT2D eigenvalue weighted by molar-refractivity contribution is 5.92. The van der Waals surface area contributed by atoms with Gasteiger partial charge in [0.15, 0.2) is 0 Å². The molecule has 0 radical (unpaired) electrons. The fourth-order valence-corrected chi connectivity index (χ4v) is 1.73. The second-order valence-corrected chi connectivity index (χ2v) is 4.71. The molecule has 4 heteroatoms. The van der Waals surface area contributed by atoms with Gasteiger partial charge in [0.2, 0.25) is 0 Å². The van der Waals surface area contributed by atoms with E-state index in [0.717, 1.165) is 11.3 Å². The Hall–Kier alpha value is -2.36. The van der Waals surface area contributed by atoms with Gasteiger partial charge in [-0.05, 0) is 43.7 Å². The van der Waals surface area contributed by atoms with Crippen molar-refractivity contribution in [1.82, 2.24) is 10.3 Å². The van der Waals surface area contributed by atoms with Crippen LogP contribution in [0.3, 0.4) is 0 Å². The van der Waals surface area contributed by atoms with E-state index in [2.05, 4.69) is 10.3 Å². The Kier molecular flexibility index (Phi) is 4.71. The van der Waals surface area contributed by atoms with E-state index in [1.54, 1.807) is 24.4 Å². The van der Waals surface area contributed by atoms with Gasteiger partial charge in [0.1, 0.15) is 11.4 Å². The fourth-order valence-electron chi connectivity index (χ4n) is 1.73. The molecule has 1 aromatic carbocycles. The van der Waals surface area contributed by atoms with Crippen molar-refractivity contribution in [2.24, 2.45) is 0 Å². The van der Waals surface area contributed by atoms with Crippen LogP contribution in [0.5, 0.6) is 5.75 Å². The number of aromatic nitrogens is 1. The third kappa shape index (κ3) is 4.09. The Labute approximate surface area is 118 Å². The summed E-state index contributed by atoms with van der Waals surface area (Å²) in [6.07, 6.45) is 1.76. The number of hydrogen-bond donors (Lipinski definition) is 1. The molecular formula is C16H18N2O2. The molecule has 2 aromatic rings. The molecule has 0 aliphatic rings. The maximum Gasteiger partial charge on any atom is 0.270 e. The van der Waals surface area contributed by atoms with E-state index in [9.17, 15) is 4.79 Å². The van der Waals surface area contributed by atoms with Gasteiger partial charge in [-0.3, -0.25) is 9.78 Å². The van der Waals surface area contributed by atoms with Crippen molar-refractivity contribution in [1.29, 1.82) is 0 Å². The van der Waals surface area contributed by atoms with Crippen molar-refractivity contribution in [2.45, 2.75) is 26.5 Å². The lowest BCUT2D eigenvalue weighted by Gasteiger charge is -2.10. The monoisotopic (exact) mass is 270 g/mol. The van der Waals surface area contributed by atoms with E-state index in [1.807, 2.05) is 38.1 Å². The van der Waals surface area contributed by atoms with Crippen LogP contribution < -0.4 is 10.1 Å². The molecule has 0 fully saturated rings. The van der Waals surface area contributed by atoms with Gasteiger partial charge in [-0.15, -0.1) is 0 Å². The van der Waals surface area contributed by atoms with Crippen molar-refractivity contribution in [3.63, 3.8) is 0 Å². The minimum atomic E-state index is -0.173. The van der Waals surface area contributed by atoms with Gasteiger partial charge in [0, 0.05) is 12.7 Å². The third-order valence-electron chi connectivity index (χ3n) is 2.65. The maximum absolute atomic E-state index is 11.8. The summed E-state index contributed by atoms with van der Waals surface area (Å²) in [4.78, 5) is 15.8. The highest BCUT2D eigenvalue weighted by Gasteiger charge is 2.05. The van der Waals surface area contributed by atoms with E-state index in [-0.39, 0.29) is 12.0 Å². The van der Waals surface area contributed by atoms with Crippen molar-refractivity contribution < 1.29 is 9.53 Å². The molecule has 0 aliphatic heterocycles. The van der Waals surface area contributed by atoms with Crippen LogP contribution in [-0.4, -0.2) is 17.0 Å². The molecule has 0 saturated carbocycles. The number of benzene rings is 1. The molecule has 0 spiro atoms. The Balaban J connectivity index is 1.89. The van der Waals surface area contributed by atoms with Gasteiger partial charge in [-0.1, -0.05) is 18.2 Å². The molecule has 1 amide bonds. The second-order valence-electron chi connectivity index (χ2n) is 4.71. The minimum absolute atomic E-state index is 0.157. The van der Waals surface area contributed by atoms with Crippen LogP contribution in [0.2, 0.25) is 0 Å². The maximum atomic E-state index is 11.8. The number of hydrogen-bond acceptors (Lipinski definition) is 3. The van der Waals surface area contributed by atoms with E-state index in [0.29, 0.717) is 12.2 Å². The lowest BCUT2D eigenvalue weighted by Crippen LogP contribution is -2.23. The molecule has 1 aromatic heterocycles. The van der Waals surface area contributed by atoms with Gasteiger partial charge in [0.05, 0.1) is 6.10 Å². The molecule has 20 heavy (non-hydrogen) atoms. The summed E-state index contributed by atoms with van der Waals surface area (Å²) in [5.74, 6) is 0.660. The summed E-state index contributed by atoms with van der Waals surface area (Å²) in [6.45, 7) is 4.44. The lowest BCUT2D eigenvalue weighted by atomic mass is 10.2. The normalized spacial score (nSPS) is 10.3. The Morgan fingerprint density at radius 1 is 1.20 bits per heavy atom. The smallest absolute Gasteiger partial charge is 0.270 e. The first kappa shape index (κ1) is 14.1. The van der Waals surface area contributed by atoms with Crippen LogP contribution in [0, 0.1) is 0 Å². The molecule has 1 heterocycles. The second kappa shape index (κ2) is 6.70. The average Bonchev–Trinajstić information content (AvgIpc) is 2.46. The molecule has 0 bridgehead atoms. The van der Waals surface area contributed by atoms with Gasteiger partial charge >= 0.3 is 0 Å². The van der Waals surface area contributed by atoms with Crippen LogP contribution >= 0.6 is 0 Å². The SMILES string of the molecule is CC(C)Oc1ccc(CNC(=O)c2ccccn2)cc1. The zero-order valence-electron chi connectivity index (χ0n) is 11.7. The predicted molar refractivity (Wildman–Crippen MR) is 77.6 cm³/mol. The number of nitrogens with zero attached hydrogens (tertiary/aromatic N) is 1. The summed E-state index contributed by atoms with van der Waals surface area (Å²) in [5, 5.41) is 2.83. The first-order valence-electron chi connectivity index (χ1n) is 6.60. The average molecular weight is 270 g/mol. The first-order valence-corrected chi connectivity index (χ1v) is 6.60. The Bertz CT molecular complexity index is 550. The topological polar surface area (TPSA) is 51.2 Å². The number of pyridine rings is 1. The number of carbonyl (C=O) groups excluding carboxylic acids is 1. The van der Waals surface area contributed by atoms with Gasteiger partial charge in [-0.25, -0.2) is 0 Å². The molecule has 0 unspecified atom stereocenters. The molecule has 4 nitrogen and oxygen atoms in total. The molecule has 0 aliphatic carbocycles. The summed E-state index contributed by atoms with van der Waals surface area (Å²) < 4.78 is 5.57. The summed E-state index contributed by atoms with van der Waals surface area (Å²) >= 11 is 0. The van der Waals surface area contributed by atoms with Gasteiger partial charge in [-0.2, -0.15) is 0 Å². The van der Waals surface area contributed by atoms with E-state index in [1.165, 1.54) is 0 Å². The van der Waals surface area contributed by atoms with E-state index < -0.39 is 0 Å². The molecule has 2 rings (SSSR count). The van der Waals surface area contributed by atoms with Crippen molar-refractivity contribution >= 4 is 5.91 Å². The number of carbonyl (C=O) groups is 1. The number of amides is 1. The molecule has 104 valence electrons. The summed E-state index contributed by atoms with van der Waals surface area (Å²) in [5.41, 5.74) is 1.44. The van der Waals surface area contributed by atoms with Crippen LogP contribution in [0.25, 0.3) is 0 Å². The Morgan fingerprint density at radius 2 is 1.95 bits per heavy atom. The van der Waals surface area contributed by atoms with Gasteiger partial charge in [0.25, 0.3) is 5.91 Å². The Morgan fingerprint density at radius 3 is 2.55 bits per heavy atom. The zero-order chi connectivity index (χ0) is 14.4. The summed E-state index contributed by atoms with van der Waals surface area (Å²) in [7, 11) is 0. The molecule has 0 saturated heterocycles. The van der Waals surface area contributed by atoms with Gasteiger partial charge < -0.3 is 10.1 Å². The highest BCUT2D eigenvalue weighted by atomic mass is 16.5. The van der Waals surface area contributed by atoms with Crippen molar-refractivity contribution in [3.05, 3.63) is 59.9 Å². The predicted octanol–water partition coefficient (Wildman–Crippen LogP) is 2.80. The molecule has 1 N–H and O–H groups in total. The van der Waals surface area contributed by atoms with E-state index >= 15 is 0 Å². The largest absolute Gasteiger partial charge is 0.491 e. The van der Waals surface area contributed by atoms with Crippen molar-refractivity contribution in [2.75, 3.05) is 0 Å². The van der Waals surface area contributed by atoms with Crippen LogP contribution in [0.4, 0.5) is 0 Å². The lowest BCUT2D eigenvalue weighted by molar-refractivity contribution is 0.0946. The number of ether oxygens (including phenoxy) is 1. The zero-order valence-corrected chi connectivity index (χ0v) is 11.7. The number of nitrogens with one attached hydrogen (secondary N) is 1. The minimum Gasteiger partial charge on any atom is -0.491 e. The standard InChI is InChI=1S/C16H18N2O2/c1-12(2)20-14-8-6-13(7-9-14)11-18-16(19)15-5-3-4-10-17-15/h3-10,12H,11H2,1-2H3,(H,18,19).